The zero-order valence-corrected chi connectivity index (χ0v) is 11.9. The fraction of sp³-hybridized carbons (Fsp3) is 1.00. The third-order valence-electron chi connectivity index (χ3n) is 3.53. The summed E-state index contributed by atoms with van der Waals surface area (Å²) in [5.74, 6) is 3.21. The van der Waals surface area contributed by atoms with Crippen molar-refractivity contribution in [3.8, 4) is 0 Å². The Kier molecular flexibility index (Phi) is 10.2. The second-order valence-corrected chi connectivity index (χ2v) is 6.33. The van der Waals surface area contributed by atoms with E-state index >= 15 is 0 Å². The highest BCUT2D eigenvalue weighted by Crippen LogP contribution is 2.21. The van der Waals surface area contributed by atoms with Crippen LogP contribution in [-0.4, -0.2) is 36.3 Å². The molecule has 0 bridgehead atoms. The molecule has 0 heterocycles. The van der Waals surface area contributed by atoms with E-state index in [2.05, 4.69) is 5.32 Å². The standard InChI is InChI=1S/C14H29NOS/c16-10-6-11-17-12-9-15-13-14-7-4-2-1-3-5-8-14/h14-16H,1-13H2. The molecule has 102 valence electrons. The Balaban J connectivity index is 1.90. The molecule has 0 aromatic carbocycles. The summed E-state index contributed by atoms with van der Waals surface area (Å²) < 4.78 is 0. The van der Waals surface area contributed by atoms with Gasteiger partial charge in [0.1, 0.15) is 0 Å². The van der Waals surface area contributed by atoms with Crippen LogP contribution in [0.25, 0.3) is 0 Å². The fourth-order valence-electron chi connectivity index (χ4n) is 2.46. The molecule has 0 aromatic rings. The largest absolute Gasteiger partial charge is 0.396 e. The van der Waals surface area contributed by atoms with Crippen molar-refractivity contribution in [2.75, 3.05) is 31.2 Å². The molecule has 0 radical (unpaired) electrons. The van der Waals surface area contributed by atoms with Gasteiger partial charge in [-0.05, 0) is 37.5 Å². The van der Waals surface area contributed by atoms with E-state index in [-0.39, 0.29) is 0 Å². The summed E-state index contributed by atoms with van der Waals surface area (Å²) in [6.07, 6.45) is 11.1. The van der Waals surface area contributed by atoms with E-state index in [1.165, 1.54) is 57.2 Å². The van der Waals surface area contributed by atoms with Crippen molar-refractivity contribution in [2.45, 2.75) is 51.4 Å². The number of thioether (sulfide) groups is 1. The van der Waals surface area contributed by atoms with Crippen molar-refractivity contribution in [2.24, 2.45) is 5.92 Å². The zero-order chi connectivity index (χ0) is 12.2. The van der Waals surface area contributed by atoms with Crippen LogP contribution < -0.4 is 5.32 Å². The van der Waals surface area contributed by atoms with Crippen LogP contribution in [-0.2, 0) is 0 Å². The highest BCUT2D eigenvalue weighted by molar-refractivity contribution is 7.99. The maximum atomic E-state index is 8.66. The quantitative estimate of drug-likeness (QED) is 0.657. The summed E-state index contributed by atoms with van der Waals surface area (Å²) in [7, 11) is 0. The maximum absolute atomic E-state index is 8.66. The molecule has 1 rings (SSSR count). The van der Waals surface area contributed by atoms with Gasteiger partial charge in [-0.15, -0.1) is 0 Å². The van der Waals surface area contributed by atoms with Crippen molar-refractivity contribution in [1.29, 1.82) is 0 Å². The van der Waals surface area contributed by atoms with Gasteiger partial charge in [0.15, 0.2) is 0 Å². The lowest BCUT2D eigenvalue weighted by atomic mass is 9.91. The first-order valence-electron chi connectivity index (χ1n) is 7.33. The Labute approximate surface area is 111 Å². The number of hydrogen-bond acceptors (Lipinski definition) is 3. The van der Waals surface area contributed by atoms with Gasteiger partial charge in [-0.1, -0.05) is 32.1 Å². The van der Waals surface area contributed by atoms with Crippen LogP contribution >= 0.6 is 11.8 Å². The van der Waals surface area contributed by atoms with Crippen molar-refractivity contribution in [3.63, 3.8) is 0 Å². The number of aliphatic hydroxyl groups is 1. The zero-order valence-electron chi connectivity index (χ0n) is 11.1. The van der Waals surface area contributed by atoms with Gasteiger partial charge in [0.25, 0.3) is 0 Å². The minimum absolute atomic E-state index is 0.336. The van der Waals surface area contributed by atoms with Gasteiger partial charge in [0, 0.05) is 18.9 Å². The average molecular weight is 259 g/mol. The molecule has 1 aliphatic rings. The predicted molar refractivity (Wildman–Crippen MR) is 77.7 cm³/mol. The van der Waals surface area contributed by atoms with Crippen LogP contribution in [0.4, 0.5) is 0 Å². The van der Waals surface area contributed by atoms with Crippen molar-refractivity contribution >= 4 is 11.8 Å². The van der Waals surface area contributed by atoms with E-state index in [1.54, 1.807) is 0 Å². The molecule has 0 aromatic heterocycles. The Bertz CT molecular complexity index is 158. The molecule has 1 saturated carbocycles. The van der Waals surface area contributed by atoms with E-state index in [9.17, 15) is 0 Å². The SMILES string of the molecule is OCCCSCCNCC1CCCCCCC1. The molecule has 3 heteroatoms. The number of nitrogens with one attached hydrogen (secondary N) is 1. The van der Waals surface area contributed by atoms with Gasteiger partial charge in [-0.2, -0.15) is 11.8 Å². The summed E-state index contributed by atoms with van der Waals surface area (Å²) >= 11 is 1.95. The molecule has 17 heavy (non-hydrogen) atoms. The van der Waals surface area contributed by atoms with Gasteiger partial charge in [-0.25, -0.2) is 0 Å². The second kappa shape index (κ2) is 11.4. The normalized spacial score (nSPS) is 18.9. The summed E-state index contributed by atoms with van der Waals surface area (Å²) in [4.78, 5) is 0. The van der Waals surface area contributed by atoms with E-state index in [0.29, 0.717) is 6.61 Å². The van der Waals surface area contributed by atoms with Crippen LogP contribution in [0, 0.1) is 5.92 Å². The van der Waals surface area contributed by atoms with E-state index in [1.807, 2.05) is 11.8 Å². The van der Waals surface area contributed by atoms with Crippen molar-refractivity contribution < 1.29 is 5.11 Å². The molecule has 1 aliphatic carbocycles. The number of hydrogen-bond donors (Lipinski definition) is 2. The highest BCUT2D eigenvalue weighted by Gasteiger charge is 2.10. The lowest BCUT2D eigenvalue weighted by Gasteiger charge is -2.20. The van der Waals surface area contributed by atoms with Crippen molar-refractivity contribution in [3.05, 3.63) is 0 Å². The Morgan fingerprint density at radius 3 is 2.41 bits per heavy atom. The monoisotopic (exact) mass is 259 g/mol. The molecular weight excluding hydrogens is 230 g/mol. The first-order chi connectivity index (χ1) is 8.43. The van der Waals surface area contributed by atoms with Gasteiger partial charge < -0.3 is 10.4 Å². The van der Waals surface area contributed by atoms with E-state index in [0.717, 1.165) is 24.6 Å². The van der Waals surface area contributed by atoms with Crippen molar-refractivity contribution in [1.82, 2.24) is 5.32 Å². The second-order valence-electron chi connectivity index (χ2n) is 5.10. The van der Waals surface area contributed by atoms with Gasteiger partial charge in [0.05, 0.1) is 0 Å². The first kappa shape index (κ1) is 15.3. The molecule has 1 fully saturated rings. The van der Waals surface area contributed by atoms with Crippen LogP contribution in [0.15, 0.2) is 0 Å². The van der Waals surface area contributed by atoms with E-state index in [4.69, 9.17) is 5.11 Å². The van der Waals surface area contributed by atoms with E-state index < -0.39 is 0 Å². The van der Waals surface area contributed by atoms with Crippen LogP contribution in [0.3, 0.4) is 0 Å². The molecule has 0 spiro atoms. The van der Waals surface area contributed by atoms with Gasteiger partial charge in [0.2, 0.25) is 0 Å². The summed E-state index contributed by atoms with van der Waals surface area (Å²) in [6, 6.07) is 0. The molecule has 2 N–H and O–H groups in total. The smallest absolute Gasteiger partial charge is 0.0438 e. The highest BCUT2D eigenvalue weighted by atomic mass is 32.2. The molecule has 0 amide bonds. The molecule has 0 atom stereocenters. The lowest BCUT2D eigenvalue weighted by Crippen LogP contribution is -2.25. The molecule has 0 aliphatic heterocycles. The van der Waals surface area contributed by atoms with Gasteiger partial charge >= 0.3 is 0 Å². The number of aliphatic hydroxyl groups excluding tert-OH is 1. The minimum Gasteiger partial charge on any atom is -0.396 e. The topological polar surface area (TPSA) is 32.3 Å². The summed E-state index contributed by atoms with van der Waals surface area (Å²) in [6.45, 7) is 2.69. The van der Waals surface area contributed by atoms with Crippen LogP contribution in [0.5, 0.6) is 0 Å². The molecule has 0 unspecified atom stereocenters. The molecular formula is C14H29NOS. The maximum Gasteiger partial charge on any atom is 0.0438 e. The average Bonchev–Trinajstić information content (AvgIpc) is 2.30. The Morgan fingerprint density at radius 1 is 1.00 bits per heavy atom. The third-order valence-corrected chi connectivity index (χ3v) is 4.60. The lowest BCUT2D eigenvalue weighted by molar-refractivity contribution is 0.296. The van der Waals surface area contributed by atoms with Gasteiger partial charge in [-0.3, -0.25) is 0 Å². The first-order valence-corrected chi connectivity index (χ1v) is 8.48. The fourth-order valence-corrected chi connectivity index (χ4v) is 3.29. The number of rotatable bonds is 8. The van der Waals surface area contributed by atoms with Crippen LogP contribution in [0.2, 0.25) is 0 Å². The molecule has 2 nitrogen and oxygen atoms in total. The van der Waals surface area contributed by atoms with Crippen LogP contribution in [0.1, 0.15) is 51.4 Å². The summed E-state index contributed by atoms with van der Waals surface area (Å²) in [5.41, 5.74) is 0. The summed E-state index contributed by atoms with van der Waals surface area (Å²) in [5, 5.41) is 12.3. The molecule has 0 saturated heterocycles. The predicted octanol–water partition coefficient (Wildman–Crippen LogP) is 3.05. The third kappa shape index (κ3) is 8.92. The Hall–Kier alpha value is 0.270. The Morgan fingerprint density at radius 2 is 1.71 bits per heavy atom. The minimum atomic E-state index is 0.336.